The summed E-state index contributed by atoms with van der Waals surface area (Å²) in [5.41, 5.74) is 2.18. The standard InChI is InChI=1S/C13H18N4/c1-10(2)14-8-12-4-5-13(15-9-12)17-7-6-11(3)16-17/h4-7,9-10,14H,8H2,1-3H3. The lowest BCUT2D eigenvalue weighted by Gasteiger charge is -2.08. The number of rotatable bonds is 4. The molecule has 1 N–H and O–H groups in total. The van der Waals surface area contributed by atoms with Crippen molar-refractivity contribution in [3.05, 3.63) is 41.9 Å². The van der Waals surface area contributed by atoms with Crippen LogP contribution in [0.3, 0.4) is 0 Å². The van der Waals surface area contributed by atoms with Gasteiger partial charge in [0.25, 0.3) is 0 Å². The van der Waals surface area contributed by atoms with Crippen molar-refractivity contribution in [1.82, 2.24) is 20.1 Å². The molecule has 0 radical (unpaired) electrons. The molecule has 4 heteroatoms. The summed E-state index contributed by atoms with van der Waals surface area (Å²) in [5, 5.41) is 7.69. The Kier molecular flexibility index (Phi) is 3.54. The summed E-state index contributed by atoms with van der Waals surface area (Å²) in [4.78, 5) is 4.40. The predicted octanol–water partition coefficient (Wildman–Crippen LogP) is 2.07. The smallest absolute Gasteiger partial charge is 0.153 e. The first-order valence-electron chi connectivity index (χ1n) is 5.86. The molecule has 2 rings (SSSR count). The fraction of sp³-hybridized carbons (Fsp3) is 0.385. The molecule has 0 aromatic carbocycles. The van der Waals surface area contributed by atoms with Crippen LogP contribution in [0.1, 0.15) is 25.1 Å². The van der Waals surface area contributed by atoms with E-state index >= 15 is 0 Å². The summed E-state index contributed by atoms with van der Waals surface area (Å²) in [7, 11) is 0. The van der Waals surface area contributed by atoms with E-state index < -0.39 is 0 Å². The lowest BCUT2D eigenvalue weighted by atomic mass is 10.2. The van der Waals surface area contributed by atoms with Crippen LogP contribution < -0.4 is 5.32 Å². The van der Waals surface area contributed by atoms with Crippen molar-refractivity contribution in [3.8, 4) is 5.82 Å². The molecule has 2 aromatic rings. The number of nitrogens with one attached hydrogen (secondary N) is 1. The summed E-state index contributed by atoms with van der Waals surface area (Å²) in [6, 6.07) is 6.53. The van der Waals surface area contributed by atoms with E-state index in [1.165, 1.54) is 5.56 Å². The Morgan fingerprint density at radius 3 is 2.65 bits per heavy atom. The molecule has 0 aliphatic carbocycles. The average molecular weight is 230 g/mol. The van der Waals surface area contributed by atoms with Crippen molar-refractivity contribution in [3.63, 3.8) is 0 Å². The Labute approximate surface area is 102 Å². The first-order chi connectivity index (χ1) is 8.15. The summed E-state index contributed by atoms with van der Waals surface area (Å²) >= 11 is 0. The van der Waals surface area contributed by atoms with Gasteiger partial charge >= 0.3 is 0 Å². The van der Waals surface area contributed by atoms with Gasteiger partial charge < -0.3 is 5.32 Å². The third-order valence-electron chi connectivity index (χ3n) is 2.48. The van der Waals surface area contributed by atoms with Gasteiger partial charge in [0.15, 0.2) is 5.82 Å². The second kappa shape index (κ2) is 5.10. The molecule has 0 aliphatic heterocycles. The van der Waals surface area contributed by atoms with Crippen molar-refractivity contribution in [1.29, 1.82) is 0 Å². The van der Waals surface area contributed by atoms with Gasteiger partial charge in [0, 0.05) is 25.0 Å². The van der Waals surface area contributed by atoms with Gasteiger partial charge in [0.1, 0.15) is 0 Å². The molecule has 90 valence electrons. The number of nitrogens with zero attached hydrogens (tertiary/aromatic N) is 3. The van der Waals surface area contributed by atoms with Crippen molar-refractivity contribution < 1.29 is 0 Å². The first-order valence-corrected chi connectivity index (χ1v) is 5.86. The molecule has 2 heterocycles. The third-order valence-corrected chi connectivity index (χ3v) is 2.48. The van der Waals surface area contributed by atoms with Crippen molar-refractivity contribution in [2.45, 2.75) is 33.4 Å². The van der Waals surface area contributed by atoms with Crippen LogP contribution in [0.5, 0.6) is 0 Å². The second-order valence-corrected chi connectivity index (χ2v) is 4.46. The quantitative estimate of drug-likeness (QED) is 0.874. The number of hydrogen-bond acceptors (Lipinski definition) is 3. The highest BCUT2D eigenvalue weighted by Crippen LogP contribution is 2.06. The van der Waals surface area contributed by atoms with E-state index in [2.05, 4.69) is 35.3 Å². The van der Waals surface area contributed by atoms with Gasteiger partial charge in [-0.05, 0) is 24.6 Å². The van der Waals surface area contributed by atoms with Gasteiger partial charge in [-0.15, -0.1) is 0 Å². The van der Waals surface area contributed by atoms with Crippen LogP contribution in [0.4, 0.5) is 0 Å². The second-order valence-electron chi connectivity index (χ2n) is 4.46. The van der Waals surface area contributed by atoms with Gasteiger partial charge in [-0.2, -0.15) is 5.10 Å². The molecule has 0 atom stereocenters. The predicted molar refractivity (Wildman–Crippen MR) is 68.1 cm³/mol. The Bertz CT molecular complexity index is 470. The fourth-order valence-electron chi connectivity index (χ4n) is 1.52. The van der Waals surface area contributed by atoms with Gasteiger partial charge in [-0.3, -0.25) is 0 Å². The van der Waals surface area contributed by atoms with Gasteiger partial charge in [0.05, 0.1) is 5.69 Å². The molecule has 17 heavy (non-hydrogen) atoms. The first kappa shape index (κ1) is 11.8. The van der Waals surface area contributed by atoms with Crippen LogP contribution in [0.15, 0.2) is 30.6 Å². The summed E-state index contributed by atoms with van der Waals surface area (Å²) in [5.74, 6) is 0.853. The van der Waals surface area contributed by atoms with Crippen LogP contribution >= 0.6 is 0 Å². The molecule has 0 aliphatic rings. The molecule has 0 saturated carbocycles. The topological polar surface area (TPSA) is 42.7 Å². The fourth-order valence-corrected chi connectivity index (χ4v) is 1.52. The van der Waals surface area contributed by atoms with E-state index in [-0.39, 0.29) is 0 Å². The number of hydrogen-bond donors (Lipinski definition) is 1. The van der Waals surface area contributed by atoms with Gasteiger partial charge in [-0.1, -0.05) is 19.9 Å². The van der Waals surface area contributed by atoms with Crippen molar-refractivity contribution in [2.75, 3.05) is 0 Å². The van der Waals surface area contributed by atoms with E-state index in [0.717, 1.165) is 18.1 Å². The lowest BCUT2D eigenvalue weighted by molar-refractivity contribution is 0.587. The van der Waals surface area contributed by atoms with Crippen molar-refractivity contribution in [2.24, 2.45) is 0 Å². The van der Waals surface area contributed by atoms with Crippen LogP contribution in [-0.4, -0.2) is 20.8 Å². The zero-order chi connectivity index (χ0) is 12.3. The van der Waals surface area contributed by atoms with E-state index in [4.69, 9.17) is 0 Å². The molecule has 0 amide bonds. The highest BCUT2D eigenvalue weighted by molar-refractivity contribution is 5.25. The van der Waals surface area contributed by atoms with E-state index in [1.54, 1.807) is 4.68 Å². The Hall–Kier alpha value is -1.68. The third kappa shape index (κ3) is 3.14. The van der Waals surface area contributed by atoms with Gasteiger partial charge in [0.2, 0.25) is 0 Å². The Balaban J connectivity index is 2.07. The lowest BCUT2D eigenvalue weighted by Crippen LogP contribution is -2.21. The summed E-state index contributed by atoms with van der Waals surface area (Å²) in [6.45, 7) is 7.09. The highest BCUT2D eigenvalue weighted by Gasteiger charge is 2.00. The van der Waals surface area contributed by atoms with Gasteiger partial charge in [-0.25, -0.2) is 9.67 Å². The molecule has 0 saturated heterocycles. The summed E-state index contributed by atoms with van der Waals surface area (Å²) < 4.78 is 1.79. The van der Waals surface area contributed by atoms with Crippen LogP contribution in [0, 0.1) is 6.92 Å². The number of pyridine rings is 1. The SMILES string of the molecule is Cc1ccn(-c2ccc(CNC(C)C)cn2)n1. The van der Waals surface area contributed by atoms with Crippen LogP contribution in [0.2, 0.25) is 0 Å². The zero-order valence-corrected chi connectivity index (χ0v) is 10.5. The van der Waals surface area contributed by atoms with E-state index in [0.29, 0.717) is 6.04 Å². The van der Waals surface area contributed by atoms with Crippen molar-refractivity contribution >= 4 is 0 Å². The maximum absolute atomic E-state index is 4.40. The molecule has 0 fully saturated rings. The Morgan fingerprint density at radius 2 is 2.12 bits per heavy atom. The van der Waals surface area contributed by atoms with E-state index in [1.807, 2.05) is 31.5 Å². The average Bonchev–Trinajstić information content (AvgIpc) is 2.74. The minimum absolute atomic E-state index is 0.489. The molecule has 0 bridgehead atoms. The molecule has 0 unspecified atom stereocenters. The molecule has 0 spiro atoms. The zero-order valence-electron chi connectivity index (χ0n) is 10.5. The molecular formula is C13H18N4. The van der Waals surface area contributed by atoms with Crippen LogP contribution in [0.25, 0.3) is 5.82 Å². The van der Waals surface area contributed by atoms with E-state index in [9.17, 15) is 0 Å². The monoisotopic (exact) mass is 230 g/mol. The normalized spacial score (nSPS) is 11.1. The number of aryl methyl sites for hydroxylation is 1. The maximum Gasteiger partial charge on any atom is 0.153 e. The summed E-state index contributed by atoms with van der Waals surface area (Å²) in [6.07, 6.45) is 3.81. The Morgan fingerprint density at radius 1 is 1.29 bits per heavy atom. The number of aromatic nitrogens is 3. The minimum atomic E-state index is 0.489. The highest BCUT2D eigenvalue weighted by atomic mass is 15.3. The maximum atomic E-state index is 4.40. The molecule has 4 nitrogen and oxygen atoms in total. The molecule has 2 aromatic heterocycles. The molecular weight excluding hydrogens is 212 g/mol. The minimum Gasteiger partial charge on any atom is -0.310 e. The largest absolute Gasteiger partial charge is 0.310 e. The van der Waals surface area contributed by atoms with Crippen LogP contribution in [-0.2, 0) is 6.54 Å².